The molecule has 0 spiro atoms. The number of para-hydroxylation sites is 2. The molecule has 0 aliphatic carbocycles. The molecule has 0 aliphatic rings. The Kier molecular flexibility index (Phi) is 8.79. The van der Waals surface area contributed by atoms with Crippen molar-refractivity contribution in [2.75, 3.05) is 0 Å². The zero-order valence-corrected chi connectivity index (χ0v) is 29.2. The first-order chi connectivity index (χ1) is 24.4. The van der Waals surface area contributed by atoms with Crippen LogP contribution in [0.1, 0.15) is 11.4 Å². The van der Waals surface area contributed by atoms with Crippen LogP contribution in [0.3, 0.4) is 0 Å². The largest absolute Gasteiger partial charge is 0.505 e. The molecule has 268 valence electrons. The average Bonchev–Trinajstić information content (AvgIpc) is 3.43. The van der Waals surface area contributed by atoms with Gasteiger partial charge < -0.3 is 10.2 Å². The Balaban J connectivity index is 1.57. The molecule has 52 heavy (non-hydrogen) atoms. The van der Waals surface area contributed by atoms with E-state index in [9.17, 15) is 45.7 Å². The van der Waals surface area contributed by atoms with E-state index in [-0.39, 0.29) is 22.8 Å². The van der Waals surface area contributed by atoms with Gasteiger partial charge in [-0.05, 0) is 55.6 Å². The third-order valence-corrected chi connectivity index (χ3v) is 10.1. The summed E-state index contributed by atoms with van der Waals surface area (Å²) in [6.07, 6.45) is 0. The molecule has 0 saturated carbocycles. The van der Waals surface area contributed by atoms with E-state index >= 15 is 0 Å². The third-order valence-electron chi connectivity index (χ3n) is 8.35. The van der Waals surface area contributed by atoms with Crippen molar-refractivity contribution < 1.29 is 36.2 Å². The highest BCUT2D eigenvalue weighted by atomic mass is 32.2. The number of phenols is 2. The lowest BCUT2D eigenvalue weighted by Crippen LogP contribution is -2.19. The molecule has 6 rings (SSSR count). The molecule has 18 nitrogen and oxygen atoms in total. The van der Waals surface area contributed by atoms with Gasteiger partial charge in [0.2, 0.25) is 0 Å². The fourth-order valence-electron chi connectivity index (χ4n) is 5.59. The molecule has 2 aromatic heterocycles. The minimum Gasteiger partial charge on any atom is -0.505 e. The van der Waals surface area contributed by atoms with Crippen LogP contribution in [-0.4, -0.2) is 54.9 Å². The molecule has 0 unspecified atom stereocenters. The SMILES string of the molecule is Cc1c(N=Nc2c(S(=O)(=O)O)cc3cc(S(=O)(=O)O)c(N=Nc4c(C)n(C)n(-c5ccccc5)c4=O)c(O)c3c2O)c(=O)n(-c2ccccc2)n1C. The van der Waals surface area contributed by atoms with E-state index in [1.807, 2.05) is 0 Å². The van der Waals surface area contributed by atoms with Gasteiger partial charge in [0, 0.05) is 14.1 Å². The van der Waals surface area contributed by atoms with Crippen molar-refractivity contribution >= 4 is 53.8 Å². The number of benzene rings is 4. The molecule has 6 aromatic rings. The second-order valence-electron chi connectivity index (χ2n) is 11.4. The molecule has 4 N–H and O–H groups in total. The molecule has 20 heteroatoms. The number of fused-ring (bicyclic) bond motifs is 1. The van der Waals surface area contributed by atoms with E-state index in [4.69, 9.17) is 0 Å². The topological polar surface area (TPSA) is 252 Å². The van der Waals surface area contributed by atoms with Gasteiger partial charge >= 0.3 is 0 Å². The van der Waals surface area contributed by atoms with E-state index in [2.05, 4.69) is 20.5 Å². The maximum Gasteiger partial charge on any atom is 0.299 e. The number of nitrogens with zero attached hydrogens (tertiary/aromatic N) is 8. The van der Waals surface area contributed by atoms with Gasteiger partial charge in [0.15, 0.2) is 22.9 Å². The van der Waals surface area contributed by atoms with Crippen LogP contribution in [0.2, 0.25) is 0 Å². The lowest BCUT2D eigenvalue weighted by atomic mass is 10.1. The summed E-state index contributed by atoms with van der Waals surface area (Å²) in [7, 11) is -7.37. The Morgan fingerprint density at radius 1 is 0.558 bits per heavy atom. The van der Waals surface area contributed by atoms with Gasteiger partial charge in [-0.15, -0.1) is 20.5 Å². The summed E-state index contributed by atoms with van der Waals surface area (Å²) >= 11 is 0. The molecule has 4 aromatic carbocycles. The summed E-state index contributed by atoms with van der Waals surface area (Å²) in [5.74, 6) is -2.27. The summed E-state index contributed by atoms with van der Waals surface area (Å²) in [4.78, 5) is 24.6. The number of aromatic hydroxyl groups is 2. The standard InChI is InChI=1S/C32H28N8O10S2/c1-17-25(31(43)39(37(17)3)20-11-7-5-8-12-20)33-35-27-22(51(45,46)47)15-19-16-23(52(48,49)50)28(30(42)24(19)29(27)41)36-34-26-18(2)38(4)40(32(26)44)21-13-9-6-10-14-21/h5-16,41-42H,1-4H3,(H,45,46,47)(H,48,49,50). The van der Waals surface area contributed by atoms with Crippen LogP contribution in [0, 0.1) is 13.8 Å². The Hall–Kier alpha value is -6.22. The fourth-order valence-corrected chi connectivity index (χ4v) is 6.90. The number of hydrogen-bond acceptors (Lipinski definition) is 12. The molecular formula is C32H28N8O10S2. The number of azo groups is 2. The smallest absolute Gasteiger partial charge is 0.299 e. The van der Waals surface area contributed by atoms with Crippen molar-refractivity contribution in [1.82, 2.24) is 18.7 Å². The van der Waals surface area contributed by atoms with Crippen LogP contribution < -0.4 is 11.1 Å². The second kappa shape index (κ2) is 12.8. The van der Waals surface area contributed by atoms with E-state index < -0.39 is 74.8 Å². The molecule has 0 amide bonds. The highest BCUT2D eigenvalue weighted by Crippen LogP contribution is 2.50. The molecule has 0 atom stereocenters. The molecule has 0 saturated heterocycles. The predicted octanol–water partition coefficient (Wildman–Crippen LogP) is 5.17. The second-order valence-corrected chi connectivity index (χ2v) is 14.2. The first kappa shape index (κ1) is 35.6. The quantitative estimate of drug-likeness (QED) is 0.117. The Labute approximate surface area is 293 Å². The summed E-state index contributed by atoms with van der Waals surface area (Å²) < 4.78 is 75.6. The van der Waals surface area contributed by atoms with Gasteiger partial charge in [-0.2, -0.15) is 16.8 Å². The van der Waals surface area contributed by atoms with Crippen molar-refractivity contribution in [3.8, 4) is 22.9 Å². The van der Waals surface area contributed by atoms with Crippen LogP contribution in [0.4, 0.5) is 22.7 Å². The number of phenolic OH excluding ortho intramolecular Hbond substituents is 2. The summed E-state index contributed by atoms with van der Waals surface area (Å²) in [6, 6.07) is 18.2. The number of aromatic nitrogens is 4. The fraction of sp³-hybridized carbons (Fsp3) is 0.125. The van der Waals surface area contributed by atoms with E-state index in [1.165, 1.54) is 32.6 Å². The minimum atomic E-state index is -5.25. The molecular weight excluding hydrogens is 721 g/mol. The summed E-state index contributed by atoms with van der Waals surface area (Å²) in [5, 5.41) is 37.0. The van der Waals surface area contributed by atoms with E-state index in [0.29, 0.717) is 23.5 Å². The Bertz CT molecular complexity index is 2650. The summed E-state index contributed by atoms with van der Waals surface area (Å²) in [6.45, 7) is 3.06. The van der Waals surface area contributed by atoms with Crippen LogP contribution in [-0.2, 0) is 34.3 Å². The lowest BCUT2D eigenvalue weighted by molar-refractivity contribution is 0.458. The van der Waals surface area contributed by atoms with Crippen molar-refractivity contribution in [2.45, 2.75) is 23.6 Å². The molecule has 0 fully saturated rings. The van der Waals surface area contributed by atoms with Crippen molar-refractivity contribution in [3.63, 3.8) is 0 Å². The predicted molar refractivity (Wildman–Crippen MR) is 187 cm³/mol. The molecule has 2 heterocycles. The maximum absolute atomic E-state index is 13.4. The van der Waals surface area contributed by atoms with Gasteiger partial charge in [0.1, 0.15) is 21.2 Å². The van der Waals surface area contributed by atoms with Crippen molar-refractivity contribution in [1.29, 1.82) is 0 Å². The maximum atomic E-state index is 13.4. The summed E-state index contributed by atoms with van der Waals surface area (Å²) in [5.41, 5.74) is -2.27. The van der Waals surface area contributed by atoms with Crippen LogP contribution in [0.25, 0.3) is 22.1 Å². The molecule has 0 aliphatic heterocycles. The number of hydrogen-bond donors (Lipinski definition) is 4. The normalized spacial score (nSPS) is 12.5. The average molecular weight is 749 g/mol. The van der Waals surface area contributed by atoms with Crippen LogP contribution >= 0.6 is 0 Å². The first-order valence-electron chi connectivity index (χ1n) is 15.0. The van der Waals surface area contributed by atoms with Crippen molar-refractivity contribution in [3.05, 3.63) is 105 Å². The monoisotopic (exact) mass is 748 g/mol. The lowest BCUT2D eigenvalue weighted by Gasteiger charge is -2.13. The van der Waals surface area contributed by atoms with Crippen LogP contribution in [0.15, 0.2) is 113 Å². The van der Waals surface area contributed by atoms with Gasteiger partial charge in [-0.25, -0.2) is 9.36 Å². The van der Waals surface area contributed by atoms with E-state index in [0.717, 1.165) is 0 Å². The van der Waals surface area contributed by atoms with Gasteiger partial charge in [-0.3, -0.25) is 28.1 Å². The Morgan fingerprint density at radius 3 is 1.21 bits per heavy atom. The molecule has 0 bridgehead atoms. The third kappa shape index (κ3) is 5.98. The van der Waals surface area contributed by atoms with Gasteiger partial charge in [0.05, 0.1) is 28.1 Å². The zero-order chi connectivity index (χ0) is 37.9. The minimum absolute atomic E-state index is 0.271. The zero-order valence-electron chi connectivity index (χ0n) is 27.6. The van der Waals surface area contributed by atoms with Gasteiger partial charge in [0.25, 0.3) is 31.4 Å². The highest BCUT2D eigenvalue weighted by Gasteiger charge is 2.29. The van der Waals surface area contributed by atoms with Crippen LogP contribution in [0.5, 0.6) is 11.5 Å². The van der Waals surface area contributed by atoms with E-state index in [1.54, 1.807) is 74.8 Å². The first-order valence-corrected chi connectivity index (χ1v) is 17.8. The Morgan fingerprint density at radius 2 is 0.885 bits per heavy atom. The highest BCUT2D eigenvalue weighted by molar-refractivity contribution is 7.86. The number of rotatable bonds is 8. The molecule has 0 radical (unpaired) electrons. The van der Waals surface area contributed by atoms with Gasteiger partial charge in [-0.1, -0.05) is 36.4 Å². The van der Waals surface area contributed by atoms with Crippen molar-refractivity contribution in [2.24, 2.45) is 34.6 Å².